The molecule has 0 saturated carbocycles. The summed E-state index contributed by atoms with van der Waals surface area (Å²) < 4.78 is 6.67. The van der Waals surface area contributed by atoms with Gasteiger partial charge < -0.3 is 25.4 Å². The van der Waals surface area contributed by atoms with Gasteiger partial charge in [-0.15, -0.1) is 0 Å². The van der Waals surface area contributed by atoms with Crippen LogP contribution in [0.2, 0.25) is 0 Å². The summed E-state index contributed by atoms with van der Waals surface area (Å²) in [6, 6.07) is 8.38. The van der Waals surface area contributed by atoms with Crippen molar-refractivity contribution in [2.45, 2.75) is 96.4 Å². The number of anilines is 1. The normalized spacial score (nSPS) is 30.9. The van der Waals surface area contributed by atoms with Crippen molar-refractivity contribution in [3.63, 3.8) is 0 Å². The number of carbonyl (C=O) groups is 3. The summed E-state index contributed by atoms with van der Waals surface area (Å²) in [5.74, 6) is -2.12. The molecule has 3 saturated heterocycles. The molecule has 37 heavy (non-hydrogen) atoms. The molecule has 3 N–H and O–H groups in total. The fraction of sp³-hybridized carbons (Fsp3) is 0.690. The number of likely N-dealkylation sites (tertiary alicyclic amines) is 1. The van der Waals surface area contributed by atoms with E-state index in [9.17, 15) is 19.5 Å². The number of ether oxygens (including phenoxy) is 1. The van der Waals surface area contributed by atoms with Crippen LogP contribution >= 0.6 is 0 Å². The molecule has 0 aliphatic carbocycles. The van der Waals surface area contributed by atoms with Gasteiger partial charge in [0, 0.05) is 24.4 Å². The van der Waals surface area contributed by atoms with Crippen LogP contribution in [0.4, 0.5) is 5.69 Å². The Balaban J connectivity index is 1.67. The quantitative estimate of drug-likeness (QED) is 0.438. The topological polar surface area (TPSA) is 108 Å². The van der Waals surface area contributed by atoms with Gasteiger partial charge in [-0.25, -0.2) is 0 Å². The predicted octanol–water partition coefficient (Wildman–Crippen LogP) is 3.49. The molecule has 1 aromatic rings. The standard InChI is InChI=1S/C29H43N3O5/c1-26(2,3)18-27(4,5)31-24(35)22-29-15-14-28(6,37-29)20(23(34)30-19-12-8-7-9-13-19)21(29)25(36)32(22)16-10-11-17-33/h7-9,12-13,20-22,33H,10-11,14-18H2,1-6H3,(H,30,34)(H,31,35)/t20-,21+,22?,28+,29?/m1/s1. The molecule has 204 valence electrons. The number of carbonyl (C=O) groups excluding carboxylic acids is 3. The van der Waals surface area contributed by atoms with Crippen molar-refractivity contribution in [3.05, 3.63) is 30.3 Å². The van der Waals surface area contributed by atoms with E-state index in [1.165, 1.54) is 0 Å². The molecular weight excluding hydrogens is 470 g/mol. The first-order valence-corrected chi connectivity index (χ1v) is 13.5. The van der Waals surface area contributed by atoms with E-state index in [4.69, 9.17) is 4.74 Å². The van der Waals surface area contributed by atoms with Crippen LogP contribution in [0.15, 0.2) is 30.3 Å². The van der Waals surface area contributed by atoms with Crippen LogP contribution in [0.25, 0.3) is 0 Å². The Bertz CT molecular complexity index is 1040. The number of amides is 3. The molecule has 4 rings (SSSR count). The molecule has 8 heteroatoms. The molecule has 2 bridgehead atoms. The number of hydrogen-bond donors (Lipinski definition) is 3. The molecule has 5 atom stereocenters. The van der Waals surface area contributed by atoms with E-state index >= 15 is 0 Å². The zero-order valence-electron chi connectivity index (χ0n) is 23.1. The fourth-order valence-corrected chi connectivity index (χ4v) is 7.28. The summed E-state index contributed by atoms with van der Waals surface area (Å²) in [5, 5.41) is 15.5. The lowest BCUT2D eigenvalue weighted by atomic mass is 9.66. The van der Waals surface area contributed by atoms with Crippen LogP contribution in [0.3, 0.4) is 0 Å². The van der Waals surface area contributed by atoms with Crippen molar-refractivity contribution >= 4 is 23.4 Å². The second kappa shape index (κ2) is 9.70. The highest BCUT2D eigenvalue weighted by atomic mass is 16.5. The SMILES string of the molecule is CC(C)(C)CC(C)(C)NC(=O)C1N(CCCCO)C(=O)[C@@H]2[C@H](C(=O)Nc3ccccc3)[C@]3(C)CCC12O3. The number of aliphatic hydroxyl groups is 1. The average Bonchev–Trinajstić information content (AvgIpc) is 3.33. The molecule has 3 fully saturated rings. The van der Waals surface area contributed by atoms with Crippen molar-refractivity contribution in [3.8, 4) is 0 Å². The minimum atomic E-state index is -1.05. The monoisotopic (exact) mass is 513 g/mol. The number of benzene rings is 1. The second-order valence-electron chi connectivity index (χ2n) is 13.2. The summed E-state index contributed by atoms with van der Waals surface area (Å²) in [7, 11) is 0. The maximum atomic E-state index is 14.0. The summed E-state index contributed by atoms with van der Waals surface area (Å²) in [6.07, 6.45) is 3.00. The number of aliphatic hydroxyl groups excluding tert-OH is 1. The molecular formula is C29H43N3O5. The van der Waals surface area contributed by atoms with Gasteiger partial charge in [0.25, 0.3) is 0 Å². The Morgan fingerprint density at radius 1 is 1.08 bits per heavy atom. The van der Waals surface area contributed by atoms with Crippen LogP contribution in [0.5, 0.6) is 0 Å². The van der Waals surface area contributed by atoms with Gasteiger partial charge in [-0.2, -0.15) is 0 Å². The minimum Gasteiger partial charge on any atom is -0.396 e. The highest BCUT2D eigenvalue weighted by Crippen LogP contribution is 2.63. The molecule has 1 aromatic carbocycles. The first kappa shape index (κ1) is 27.6. The van der Waals surface area contributed by atoms with Crippen molar-refractivity contribution < 1.29 is 24.2 Å². The van der Waals surface area contributed by atoms with Crippen LogP contribution < -0.4 is 10.6 Å². The predicted molar refractivity (Wildman–Crippen MR) is 142 cm³/mol. The Morgan fingerprint density at radius 3 is 2.38 bits per heavy atom. The Labute approximate surface area is 220 Å². The molecule has 1 spiro atoms. The number of para-hydroxylation sites is 1. The van der Waals surface area contributed by atoms with Gasteiger partial charge in [0.15, 0.2) is 0 Å². The van der Waals surface area contributed by atoms with E-state index in [0.29, 0.717) is 37.9 Å². The van der Waals surface area contributed by atoms with Crippen LogP contribution in [-0.4, -0.2) is 63.7 Å². The van der Waals surface area contributed by atoms with Crippen molar-refractivity contribution in [2.24, 2.45) is 17.3 Å². The van der Waals surface area contributed by atoms with Crippen molar-refractivity contribution in [1.29, 1.82) is 0 Å². The largest absolute Gasteiger partial charge is 0.396 e. The van der Waals surface area contributed by atoms with E-state index in [0.717, 1.165) is 6.42 Å². The summed E-state index contributed by atoms with van der Waals surface area (Å²) >= 11 is 0. The lowest BCUT2D eigenvalue weighted by Gasteiger charge is -2.38. The molecule has 3 heterocycles. The van der Waals surface area contributed by atoms with Gasteiger partial charge in [-0.3, -0.25) is 14.4 Å². The average molecular weight is 514 g/mol. The number of rotatable bonds is 9. The maximum Gasteiger partial charge on any atom is 0.246 e. The first-order chi connectivity index (χ1) is 17.2. The smallest absolute Gasteiger partial charge is 0.246 e. The first-order valence-electron chi connectivity index (χ1n) is 13.5. The lowest BCUT2D eigenvalue weighted by molar-refractivity contribution is -0.146. The van der Waals surface area contributed by atoms with Gasteiger partial charge in [0.2, 0.25) is 17.7 Å². The number of nitrogens with one attached hydrogen (secondary N) is 2. The Kier molecular flexibility index (Phi) is 7.23. The number of nitrogens with zero attached hydrogens (tertiary/aromatic N) is 1. The number of unbranched alkanes of at least 4 members (excludes halogenated alkanes) is 1. The van der Waals surface area contributed by atoms with E-state index in [1.807, 2.05) is 51.1 Å². The molecule has 3 amide bonds. The van der Waals surface area contributed by atoms with E-state index in [-0.39, 0.29) is 29.7 Å². The molecule has 3 aliphatic rings. The third kappa shape index (κ3) is 5.15. The van der Waals surface area contributed by atoms with Gasteiger partial charge >= 0.3 is 0 Å². The Hall–Kier alpha value is -2.45. The van der Waals surface area contributed by atoms with Crippen LogP contribution in [-0.2, 0) is 19.1 Å². The van der Waals surface area contributed by atoms with E-state index < -0.39 is 34.6 Å². The third-order valence-corrected chi connectivity index (χ3v) is 8.09. The van der Waals surface area contributed by atoms with Gasteiger partial charge in [0.05, 0.1) is 17.4 Å². The summed E-state index contributed by atoms with van der Waals surface area (Å²) in [4.78, 5) is 43.3. The summed E-state index contributed by atoms with van der Waals surface area (Å²) in [5.41, 5.74) is -1.70. The maximum absolute atomic E-state index is 14.0. The molecule has 3 aliphatic heterocycles. The highest BCUT2D eigenvalue weighted by molar-refractivity contribution is 6.02. The van der Waals surface area contributed by atoms with Gasteiger partial charge in [-0.1, -0.05) is 39.0 Å². The summed E-state index contributed by atoms with van der Waals surface area (Å²) in [6.45, 7) is 12.7. The van der Waals surface area contributed by atoms with Crippen LogP contribution in [0.1, 0.15) is 73.6 Å². The Morgan fingerprint density at radius 2 is 1.76 bits per heavy atom. The van der Waals surface area contributed by atoms with Gasteiger partial charge in [0.1, 0.15) is 11.6 Å². The van der Waals surface area contributed by atoms with Crippen LogP contribution in [0, 0.1) is 17.3 Å². The minimum absolute atomic E-state index is 0.000319. The lowest BCUT2D eigenvalue weighted by Crippen LogP contribution is -2.59. The molecule has 2 unspecified atom stereocenters. The zero-order chi connectivity index (χ0) is 27.2. The molecule has 0 radical (unpaired) electrons. The van der Waals surface area contributed by atoms with E-state index in [1.54, 1.807) is 4.90 Å². The number of hydrogen-bond acceptors (Lipinski definition) is 5. The van der Waals surface area contributed by atoms with E-state index in [2.05, 4.69) is 31.4 Å². The second-order valence-corrected chi connectivity index (χ2v) is 13.2. The van der Waals surface area contributed by atoms with Gasteiger partial charge in [-0.05, 0) is 70.4 Å². The highest BCUT2D eigenvalue weighted by Gasteiger charge is 2.77. The van der Waals surface area contributed by atoms with Crippen molar-refractivity contribution in [2.75, 3.05) is 18.5 Å². The molecule has 0 aromatic heterocycles. The zero-order valence-corrected chi connectivity index (χ0v) is 23.1. The number of fused-ring (bicyclic) bond motifs is 1. The third-order valence-electron chi connectivity index (χ3n) is 8.09. The fourth-order valence-electron chi connectivity index (χ4n) is 7.28. The molecule has 8 nitrogen and oxygen atoms in total. The van der Waals surface area contributed by atoms with Crippen molar-refractivity contribution in [1.82, 2.24) is 10.2 Å².